The number of ether oxygens (including phenoxy) is 1. The van der Waals surface area contributed by atoms with Gasteiger partial charge in [-0.25, -0.2) is 4.79 Å². The summed E-state index contributed by atoms with van der Waals surface area (Å²) in [7, 11) is 1.56. The number of rotatable bonds is 5. The molecule has 0 fully saturated rings. The van der Waals surface area contributed by atoms with Crippen LogP contribution in [0, 0.1) is 0 Å². The van der Waals surface area contributed by atoms with Gasteiger partial charge in [0.05, 0.1) is 6.73 Å². The summed E-state index contributed by atoms with van der Waals surface area (Å²) in [5.74, 6) is -0.931. The molecule has 0 aromatic carbocycles. The molecule has 0 bridgehead atoms. The van der Waals surface area contributed by atoms with Crippen LogP contribution in [0.15, 0.2) is 12.2 Å². The van der Waals surface area contributed by atoms with E-state index < -0.39 is 5.97 Å². The number of carboxylic acids is 1. The maximum absolute atomic E-state index is 9.89. The number of hydrogen-bond donors (Lipinski definition) is 2. The molecule has 0 saturated carbocycles. The van der Waals surface area contributed by atoms with Gasteiger partial charge in [0.1, 0.15) is 0 Å². The average molecular weight is 145 g/mol. The highest BCUT2D eigenvalue weighted by molar-refractivity contribution is 5.79. The first kappa shape index (κ1) is 9.13. The van der Waals surface area contributed by atoms with Gasteiger partial charge in [-0.2, -0.15) is 0 Å². The molecule has 0 saturated heterocycles. The van der Waals surface area contributed by atoms with Crippen LogP contribution in [0.25, 0.3) is 0 Å². The van der Waals surface area contributed by atoms with E-state index in [1.54, 1.807) is 7.11 Å². The van der Waals surface area contributed by atoms with Crippen molar-refractivity contribution in [3.8, 4) is 0 Å². The van der Waals surface area contributed by atoms with Gasteiger partial charge in [-0.3, -0.25) is 5.32 Å². The summed E-state index contributed by atoms with van der Waals surface area (Å²) in [6.07, 6.45) is 2.60. The molecule has 0 radical (unpaired) electrons. The minimum absolute atomic E-state index is 0.434. The number of aliphatic carboxylic acids is 1. The van der Waals surface area contributed by atoms with Gasteiger partial charge in [0.2, 0.25) is 0 Å². The van der Waals surface area contributed by atoms with Gasteiger partial charge >= 0.3 is 5.97 Å². The largest absolute Gasteiger partial charge is 0.478 e. The molecule has 0 aliphatic heterocycles. The Kier molecular flexibility index (Phi) is 5.71. The number of carbonyl (C=O) groups is 1. The summed E-state index contributed by atoms with van der Waals surface area (Å²) in [6, 6.07) is 0. The third-order valence-electron chi connectivity index (χ3n) is 0.769. The van der Waals surface area contributed by atoms with E-state index in [9.17, 15) is 4.79 Å². The molecule has 0 aromatic rings. The molecule has 0 aliphatic rings. The van der Waals surface area contributed by atoms with Crippen molar-refractivity contribution in [1.29, 1.82) is 0 Å². The van der Waals surface area contributed by atoms with Crippen molar-refractivity contribution in [2.24, 2.45) is 0 Å². The van der Waals surface area contributed by atoms with E-state index in [0.29, 0.717) is 13.3 Å². The molecule has 0 aromatic heterocycles. The van der Waals surface area contributed by atoms with E-state index in [4.69, 9.17) is 5.11 Å². The zero-order valence-corrected chi connectivity index (χ0v) is 5.83. The first-order valence-electron chi connectivity index (χ1n) is 2.86. The minimum atomic E-state index is -0.931. The van der Waals surface area contributed by atoms with Crippen LogP contribution in [0.3, 0.4) is 0 Å². The second-order valence-electron chi connectivity index (χ2n) is 1.63. The number of methoxy groups -OCH3 is 1. The molecule has 0 atom stereocenters. The first-order valence-corrected chi connectivity index (χ1v) is 2.86. The quantitative estimate of drug-likeness (QED) is 0.320. The van der Waals surface area contributed by atoms with Gasteiger partial charge < -0.3 is 9.84 Å². The van der Waals surface area contributed by atoms with Crippen LogP contribution in [0.5, 0.6) is 0 Å². The van der Waals surface area contributed by atoms with Crippen molar-refractivity contribution in [3.63, 3.8) is 0 Å². The van der Waals surface area contributed by atoms with Crippen molar-refractivity contribution in [2.45, 2.75) is 0 Å². The van der Waals surface area contributed by atoms with E-state index in [1.807, 2.05) is 0 Å². The maximum atomic E-state index is 9.89. The van der Waals surface area contributed by atoms with Gasteiger partial charge in [0.25, 0.3) is 0 Å². The molecule has 58 valence electrons. The Balaban J connectivity index is 3.10. The monoisotopic (exact) mass is 145 g/mol. The molecule has 4 nitrogen and oxygen atoms in total. The molecular weight excluding hydrogens is 134 g/mol. The fraction of sp³-hybridized carbons (Fsp3) is 0.500. The SMILES string of the molecule is COCNCC=CC(=O)O. The zero-order chi connectivity index (χ0) is 7.82. The van der Waals surface area contributed by atoms with E-state index in [1.165, 1.54) is 6.08 Å². The van der Waals surface area contributed by atoms with Gasteiger partial charge in [0, 0.05) is 19.7 Å². The van der Waals surface area contributed by atoms with Crippen molar-refractivity contribution in [1.82, 2.24) is 5.32 Å². The molecule has 0 amide bonds. The second kappa shape index (κ2) is 6.25. The fourth-order valence-electron chi connectivity index (χ4n) is 0.404. The predicted molar refractivity (Wildman–Crippen MR) is 36.7 cm³/mol. The molecule has 0 unspecified atom stereocenters. The summed E-state index contributed by atoms with van der Waals surface area (Å²) >= 11 is 0. The average Bonchev–Trinajstić information content (AvgIpc) is 1.87. The third-order valence-corrected chi connectivity index (χ3v) is 0.769. The molecule has 0 spiro atoms. The minimum Gasteiger partial charge on any atom is -0.478 e. The Hall–Kier alpha value is -0.870. The molecule has 0 heterocycles. The van der Waals surface area contributed by atoms with E-state index in [0.717, 1.165) is 6.08 Å². The Morgan fingerprint density at radius 3 is 3.00 bits per heavy atom. The Morgan fingerprint density at radius 2 is 2.50 bits per heavy atom. The van der Waals surface area contributed by atoms with Crippen LogP contribution < -0.4 is 5.32 Å². The molecule has 4 heteroatoms. The lowest BCUT2D eigenvalue weighted by Crippen LogP contribution is -2.16. The predicted octanol–water partition coefficient (Wildman–Crippen LogP) is -0.179. The summed E-state index contributed by atoms with van der Waals surface area (Å²) in [4.78, 5) is 9.89. The normalized spacial score (nSPS) is 10.5. The van der Waals surface area contributed by atoms with Gasteiger partial charge in [-0.1, -0.05) is 6.08 Å². The lowest BCUT2D eigenvalue weighted by atomic mass is 10.5. The highest BCUT2D eigenvalue weighted by Crippen LogP contribution is 1.70. The summed E-state index contributed by atoms with van der Waals surface area (Å²) in [5.41, 5.74) is 0. The van der Waals surface area contributed by atoms with Crippen molar-refractivity contribution < 1.29 is 14.6 Å². The summed E-state index contributed by atoms with van der Waals surface area (Å²) in [6.45, 7) is 0.949. The molecule has 0 rings (SSSR count). The highest BCUT2D eigenvalue weighted by Gasteiger charge is 1.83. The van der Waals surface area contributed by atoms with Gasteiger partial charge in [-0.15, -0.1) is 0 Å². The van der Waals surface area contributed by atoms with Gasteiger partial charge in [0.15, 0.2) is 0 Å². The fourth-order valence-corrected chi connectivity index (χ4v) is 0.404. The molecule has 0 aliphatic carbocycles. The van der Waals surface area contributed by atoms with Crippen LogP contribution in [-0.4, -0.2) is 31.5 Å². The standard InChI is InChI=1S/C6H11NO3/c1-10-5-7-4-2-3-6(8)9/h2-3,7H,4-5H2,1H3,(H,8,9). The maximum Gasteiger partial charge on any atom is 0.328 e. The summed E-state index contributed by atoms with van der Waals surface area (Å²) < 4.78 is 4.66. The number of nitrogens with one attached hydrogen (secondary N) is 1. The topological polar surface area (TPSA) is 58.6 Å². The Labute approximate surface area is 59.5 Å². The van der Waals surface area contributed by atoms with Crippen LogP contribution in [-0.2, 0) is 9.53 Å². The van der Waals surface area contributed by atoms with E-state index in [2.05, 4.69) is 10.1 Å². The molecular formula is C6H11NO3. The van der Waals surface area contributed by atoms with Gasteiger partial charge in [-0.05, 0) is 0 Å². The third kappa shape index (κ3) is 7.13. The van der Waals surface area contributed by atoms with Crippen molar-refractivity contribution in [2.75, 3.05) is 20.4 Å². The van der Waals surface area contributed by atoms with Crippen LogP contribution in [0.1, 0.15) is 0 Å². The second-order valence-corrected chi connectivity index (χ2v) is 1.63. The highest BCUT2D eigenvalue weighted by atomic mass is 16.5. The van der Waals surface area contributed by atoms with Crippen LogP contribution in [0.4, 0.5) is 0 Å². The van der Waals surface area contributed by atoms with Crippen LogP contribution >= 0.6 is 0 Å². The molecule has 2 N–H and O–H groups in total. The van der Waals surface area contributed by atoms with Crippen molar-refractivity contribution in [3.05, 3.63) is 12.2 Å². The smallest absolute Gasteiger partial charge is 0.328 e. The van der Waals surface area contributed by atoms with E-state index >= 15 is 0 Å². The first-order chi connectivity index (χ1) is 4.77. The van der Waals surface area contributed by atoms with Crippen molar-refractivity contribution >= 4 is 5.97 Å². The van der Waals surface area contributed by atoms with Crippen LogP contribution in [0.2, 0.25) is 0 Å². The Bertz CT molecular complexity index is 122. The summed E-state index contributed by atoms with van der Waals surface area (Å²) in [5, 5.41) is 10.9. The zero-order valence-electron chi connectivity index (χ0n) is 5.83. The lowest BCUT2D eigenvalue weighted by Gasteiger charge is -1.95. The lowest BCUT2D eigenvalue weighted by molar-refractivity contribution is -0.131. The Morgan fingerprint density at radius 1 is 1.80 bits per heavy atom. The van der Waals surface area contributed by atoms with E-state index in [-0.39, 0.29) is 0 Å². The molecule has 10 heavy (non-hydrogen) atoms. The number of carboxylic acid groups (broad SMARTS) is 1. The number of hydrogen-bond acceptors (Lipinski definition) is 3.